The largest absolute Gasteiger partial charge is 0.416 e. The molecule has 0 spiro atoms. The van der Waals surface area contributed by atoms with E-state index in [4.69, 9.17) is 16.9 Å². The Balaban J connectivity index is 2.17. The maximum Gasteiger partial charge on any atom is 0.416 e. The van der Waals surface area contributed by atoms with Crippen molar-refractivity contribution in [3.8, 4) is 6.07 Å². The Morgan fingerprint density at radius 3 is 2.68 bits per heavy atom. The minimum absolute atomic E-state index is 0.151. The second-order valence-corrected chi connectivity index (χ2v) is 7.33. The fourth-order valence-corrected chi connectivity index (χ4v) is 2.84. The number of carbonyl (C=O) groups excluding carboxylic acids is 1. The van der Waals surface area contributed by atoms with Crippen molar-refractivity contribution in [1.82, 2.24) is 4.98 Å². The van der Waals surface area contributed by atoms with Crippen molar-refractivity contribution in [2.45, 2.75) is 26.4 Å². The molecular formula is C16H13ClF3N3OS. The fourth-order valence-electron chi connectivity index (χ4n) is 1.83. The summed E-state index contributed by atoms with van der Waals surface area (Å²) in [6.07, 6.45) is -2.84. The molecule has 0 atom stereocenters. The summed E-state index contributed by atoms with van der Waals surface area (Å²) < 4.78 is 38.4. The van der Waals surface area contributed by atoms with Crippen LogP contribution in [0.4, 0.5) is 18.3 Å². The Bertz CT molecular complexity index is 840. The van der Waals surface area contributed by atoms with E-state index in [0.717, 1.165) is 23.5 Å². The SMILES string of the molecule is CC(C)(C#N)C(=O)Nc1ncc(Cc2cc(C(F)(F)F)ccc2Cl)s1. The second-order valence-electron chi connectivity index (χ2n) is 5.80. The minimum Gasteiger partial charge on any atom is -0.301 e. The zero-order valence-corrected chi connectivity index (χ0v) is 14.8. The number of rotatable bonds is 4. The van der Waals surface area contributed by atoms with Crippen molar-refractivity contribution in [2.24, 2.45) is 5.41 Å². The third-order valence-electron chi connectivity index (χ3n) is 3.36. The lowest BCUT2D eigenvalue weighted by atomic mass is 9.95. The van der Waals surface area contributed by atoms with Crippen LogP contribution in [0.5, 0.6) is 0 Å². The second kappa shape index (κ2) is 7.02. The molecule has 25 heavy (non-hydrogen) atoms. The first-order valence-electron chi connectivity index (χ1n) is 7.06. The number of hydrogen-bond acceptors (Lipinski definition) is 4. The number of nitriles is 1. The Morgan fingerprint density at radius 2 is 2.08 bits per heavy atom. The first kappa shape index (κ1) is 19.2. The van der Waals surface area contributed by atoms with Gasteiger partial charge in [0.1, 0.15) is 5.41 Å². The van der Waals surface area contributed by atoms with E-state index < -0.39 is 23.1 Å². The number of benzene rings is 1. The molecule has 1 N–H and O–H groups in total. The summed E-state index contributed by atoms with van der Waals surface area (Å²) in [7, 11) is 0. The third-order valence-corrected chi connectivity index (χ3v) is 4.64. The molecule has 0 aliphatic carbocycles. The van der Waals surface area contributed by atoms with E-state index in [2.05, 4.69) is 10.3 Å². The van der Waals surface area contributed by atoms with E-state index in [-0.39, 0.29) is 16.6 Å². The highest BCUT2D eigenvalue weighted by molar-refractivity contribution is 7.15. The van der Waals surface area contributed by atoms with Crippen molar-refractivity contribution < 1.29 is 18.0 Å². The monoisotopic (exact) mass is 387 g/mol. The number of amides is 1. The van der Waals surface area contributed by atoms with E-state index >= 15 is 0 Å². The van der Waals surface area contributed by atoms with Crippen molar-refractivity contribution in [3.05, 3.63) is 45.4 Å². The molecule has 0 aliphatic rings. The maximum absolute atomic E-state index is 12.8. The highest BCUT2D eigenvalue weighted by atomic mass is 35.5. The highest BCUT2D eigenvalue weighted by Gasteiger charge is 2.31. The van der Waals surface area contributed by atoms with Gasteiger partial charge in [-0.1, -0.05) is 11.6 Å². The number of nitrogens with zero attached hydrogens (tertiary/aromatic N) is 2. The van der Waals surface area contributed by atoms with Crippen LogP contribution in [0.15, 0.2) is 24.4 Å². The topological polar surface area (TPSA) is 65.8 Å². The standard InChI is InChI=1S/C16H13ClF3N3OS/c1-15(2,8-21)13(24)23-14-22-7-11(25-14)6-9-5-10(16(18,19)20)3-4-12(9)17/h3-5,7H,6H2,1-2H3,(H,22,23,24). The summed E-state index contributed by atoms with van der Waals surface area (Å²) in [5, 5.41) is 11.9. The van der Waals surface area contributed by atoms with Gasteiger partial charge >= 0.3 is 6.18 Å². The molecular weight excluding hydrogens is 375 g/mol. The van der Waals surface area contributed by atoms with Crippen LogP contribution < -0.4 is 5.32 Å². The van der Waals surface area contributed by atoms with E-state index in [1.54, 1.807) is 0 Å². The van der Waals surface area contributed by atoms with Crippen molar-refractivity contribution in [3.63, 3.8) is 0 Å². The van der Waals surface area contributed by atoms with Gasteiger partial charge in [0.2, 0.25) is 5.91 Å². The molecule has 4 nitrogen and oxygen atoms in total. The average molecular weight is 388 g/mol. The number of nitrogens with one attached hydrogen (secondary N) is 1. The summed E-state index contributed by atoms with van der Waals surface area (Å²) in [6, 6.07) is 5.01. The number of anilines is 1. The number of halogens is 4. The van der Waals surface area contributed by atoms with Crippen LogP contribution in [0.2, 0.25) is 5.02 Å². The van der Waals surface area contributed by atoms with Crippen molar-refractivity contribution >= 4 is 34.0 Å². The predicted molar refractivity (Wildman–Crippen MR) is 89.4 cm³/mol. The van der Waals surface area contributed by atoms with Gasteiger partial charge in [-0.25, -0.2) is 4.98 Å². The van der Waals surface area contributed by atoms with Gasteiger partial charge < -0.3 is 5.32 Å². The molecule has 0 radical (unpaired) electrons. The third kappa shape index (κ3) is 4.71. The van der Waals surface area contributed by atoms with Gasteiger partial charge in [-0.2, -0.15) is 18.4 Å². The number of hydrogen-bond donors (Lipinski definition) is 1. The van der Waals surface area contributed by atoms with Crippen LogP contribution in [-0.2, 0) is 17.4 Å². The van der Waals surface area contributed by atoms with E-state index in [9.17, 15) is 18.0 Å². The Labute approximate surface area is 151 Å². The molecule has 0 saturated carbocycles. The van der Waals surface area contributed by atoms with Crippen LogP contribution in [-0.4, -0.2) is 10.9 Å². The van der Waals surface area contributed by atoms with Gasteiger partial charge in [-0.05, 0) is 37.6 Å². The lowest BCUT2D eigenvalue weighted by Gasteiger charge is -2.12. The summed E-state index contributed by atoms with van der Waals surface area (Å²) in [6.45, 7) is 2.94. The van der Waals surface area contributed by atoms with Crippen LogP contribution in [0.25, 0.3) is 0 Å². The molecule has 1 amide bonds. The Kier molecular flexibility index (Phi) is 5.40. The van der Waals surface area contributed by atoms with Crippen molar-refractivity contribution in [1.29, 1.82) is 5.26 Å². The summed E-state index contributed by atoms with van der Waals surface area (Å²) in [5.41, 5.74) is -1.67. The average Bonchev–Trinajstić information content (AvgIpc) is 2.95. The van der Waals surface area contributed by atoms with E-state index in [1.807, 2.05) is 6.07 Å². The number of alkyl halides is 3. The number of thiazole rings is 1. The number of carbonyl (C=O) groups is 1. The van der Waals surface area contributed by atoms with Crippen LogP contribution in [0.1, 0.15) is 29.9 Å². The molecule has 2 aromatic rings. The minimum atomic E-state index is -4.45. The first-order valence-corrected chi connectivity index (χ1v) is 8.25. The van der Waals surface area contributed by atoms with Gasteiger partial charge in [-0.15, -0.1) is 11.3 Å². The van der Waals surface area contributed by atoms with Gasteiger partial charge in [0.15, 0.2) is 5.13 Å². The Hall–Kier alpha value is -2.11. The van der Waals surface area contributed by atoms with Crippen LogP contribution in [0.3, 0.4) is 0 Å². The summed E-state index contributed by atoms with van der Waals surface area (Å²) >= 11 is 7.09. The molecule has 1 aromatic heterocycles. The smallest absolute Gasteiger partial charge is 0.301 e. The molecule has 0 aliphatic heterocycles. The molecule has 0 saturated heterocycles. The quantitative estimate of drug-likeness (QED) is 0.811. The van der Waals surface area contributed by atoms with Crippen LogP contribution in [0, 0.1) is 16.7 Å². The molecule has 1 aromatic carbocycles. The van der Waals surface area contributed by atoms with Gasteiger partial charge in [-0.3, -0.25) is 4.79 Å². The Morgan fingerprint density at radius 1 is 1.40 bits per heavy atom. The molecule has 2 rings (SSSR count). The molecule has 0 bridgehead atoms. The summed E-state index contributed by atoms with van der Waals surface area (Å²) in [5.74, 6) is -0.506. The van der Waals surface area contributed by atoms with Gasteiger partial charge in [0, 0.05) is 22.5 Å². The number of aromatic nitrogens is 1. The first-order chi connectivity index (χ1) is 11.5. The fraction of sp³-hybridized carbons (Fsp3) is 0.312. The maximum atomic E-state index is 12.8. The van der Waals surface area contributed by atoms with Crippen molar-refractivity contribution in [2.75, 3.05) is 5.32 Å². The summed E-state index contributed by atoms with van der Waals surface area (Å²) in [4.78, 5) is 16.6. The zero-order chi connectivity index (χ0) is 18.8. The predicted octanol–water partition coefficient (Wildman–Crippen LogP) is 4.89. The van der Waals surface area contributed by atoms with E-state index in [1.165, 1.54) is 26.1 Å². The molecule has 0 fully saturated rings. The van der Waals surface area contributed by atoms with E-state index in [0.29, 0.717) is 10.4 Å². The van der Waals surface area contributed by atoms with Gasteiger partial charge in [0.05, 0.1) is 11.6 Å². The normalized spacial score (nSPS) is 11.9. The lowest BCUT2D eigenvalue weighted by Crippen LogP contribution is -2.29. The molecule has 9 heteroatoms. The molecule has 132 valence electrons. The highest BCUT2D eigenvalue weighted by Crippen LogP contribution is 2.33. The lowest BCUT2D eigenvalue weighted by molar-refractivity contribution is -0.137. The zero-order valence-electron chi connectivity index (χ0n) is 13.2. The van der Waals surface area contributed by atoms with Crippen LogP contribution >= 0.6 is 22.9 Å². The van der Waals surface area contributed by atoms with Gasteiger partial charge in [0.25, 0.3) is 0 Å². The molecule has 1 heterocycles. The molecule has 0 unspecified atom stereocenters.